The molecule has 2 N–H and O–H groups in total. The van der Waals surface area contributed by atoms with Gasteiger partial charge in [0.2, 0.25) is 11.8 Å². The number of fused-ring (bicyclic) bond motifs is 1. The molecule has 0 radical (unpaired) electrons. The Morgan fingerprint density at radius 2 is 1.84 bits per heavy atom. The minimum absolute atomic E-state index is 0.141. The van der Waals surface area contributed by atoms with Crippen molar-refractivity contribution in [3.05, 3.63) is 24.3 Å². The summed E-state index contributed by atoms with van der Waals surface area (Å²) in [7, 11) is 0. The second-order valence-corrected chi connectivity index (χ2v) is 10.2. The summed E-state index contributed by atoms with van der Waals surface area (Å²) in [6, 6.07) is 6.92. The van der Waals surface area contributed by atoms with Crippen molar-refractivity contribution in [3.63, 3.8) is 0 Å². The lowest BCUT2D eigenvalue weighted by Gasteiger charge is -2.33. The van der Waals surface area contributed by atoms with E-state index in [0.717, 1.165) is 31.6 Å². The molecule has 0 saturated carbocycles. The Morgan fingerprint density at radius 3 is 2.49 bits per heavy atom. The average Bonchev–Trinajstić information content (AvgIpc) is 3.53. The molecule has 37 heavy (non-hydrogen) atoms. The first-order chi connectivity index (χ1) is 17.9. The smallest absolute Gasteiger partial charge is 0.312 e. The first kappa shape index (κ1) is 27.4. The van der Waals surface area contributed by atoms with Gasteiger partial charge in [-0.25, -0.2) is 0 Å². The molecule has 4 rings (SSSR count). The normalized spacial score (nSPS) is 27.9. The highest BCUT2D eigenvalue weighted by Crippen LogP contribution is 2.58. The fourth-order valence-electron chi connectivity index (χ4n) is 6.50. The van der Waals surface area contributed by atoms with Gasteiger partial charge in [0.15, 0.2) is 0 Å². The zero-order valence-corrected chi connectivity index (χ0v) is 22.3. The zero-order valence-electron chi connectivity index (χ0n) is 22.3. The van der Waals surface area contributed by atoms with Gasteiger partial charge in [-0.3, -0.25) is 14.4 Å². The van der Waals surface area contributed by atoms with Crippen LogP contribution in [0, 0.1) is 11.8 Å². The van der Waals surface area contributed by atoms with E-state index in [4.69, 9.17) is 14.6 Å². The number of carbonyl (C=O) groups is 3. The number of anilines is 2. The molecule has 0 aromatic heterocycles. The fourth-order valence-corrected chi connectivity index (χ4v) is 6.50. The van der Waals surface area contributed by atoms with Crippen molar-refractivity contribution in [2.45, 2.75) is 77.0 Å². The monoisotopic (exact) mass is 515 g/mol. The summed E-state index contributed by atoms with van der Waals surface area (Å²) < 4.78 is 11.7. The minimum atomic E-state index is -1.02. The molecular weight excluding hydrogens is 474 g/mol. The Morgan fingerprint density at radius 1 is 1.14 bits per heavy atom. The molecule has 3 heterocycles. The number of nitrogens with zero attached hydrogens (tertiary/aromatic N) is 2. The standard InChI is InChI=1S/C28H41N3O6/c1-4-30(5-2)20-13-11-19(12-14-20)29-25(33)24-28-16-15-21(37-28)22(27(35)36-6-3)23(28)26(34)31(24)17-9-7-8-10-18-32/h11-14,21-24,32H,4-10,15-18H2,1-3H3,(H,29,33)/t21-,22+,23+,24-,28+/m1/s1. The summed E-state index contributed by atoms with van der Waals surface area (Å²) in [6.45, 7) is 8.52. The highest BCUT2D eigenvalue weighted by atomic mass is 16.6. The molecule has 0 unspecified atom stereocenters. The largest absolute Gasteiger partial charge is 0.466 e. The van der Waals surface area contributed by atoms with Gasteiger partial charge in [0.25, 0.3) is 0 Å². The minimum Gasteiger partial charge on any atom is -0.466 e. The van der Waals surface area contributed by atoms with Crippen molar-refractivity contribution in [1.82, 2.24) is 4.90 Å². The van der Waals surface area contributed by atoms with Gasteiger partial charge >= 0.3 is 5.97 Å². The van der Waals surface area contributed by atoms with E-state index in [-0.39, 0.29) is 25.0 Å². The molecule has 204 valence electrons. The van der Waals surface area contributed by atoms with E-state index >= 15 is 0 Å². The molecule has 3 aliphatic heterocycles. The van der Waals surface area contributed by atoms with Crippen LogP contribution in [0.25, 0.3) is 0 Å². The molecule has 3 saturated heterocycles. The van der Waals surface area contributed by atoms with Crippen molar-refractivity contribution in [1.29, 1.82) is 0 Å². The topological polar surface area (TPSA) is 108 Å². The van der Waals surface area contributed by atoms with Crippen LogP contribution in [0.4, 0.5) is 11.4 Å². The van der Waals surface area contributed by atoms with Gasteiger partial charge in [0, 0.05) is 37.6 Å². The van der Waals surface area contributed by atoms with Crippen LogP contribution in [-0.2, 0) is 23.9 Å². The predicted molar refractivity (Wildman–Crippen MR) is 140 cm³/mol. The highest BCUT2D eigenvalue weighted by molar-refractivity contribution is 6.03. The number of ether oxygens (including phenoxy) is 2. The molecule has 3 aliphatic rings. The first-order valence-electron chi connectivity index (χ1n) is 13.8. The SMILES string of the molecule is CCOC(=O)[C@@H]1[C@H]2C(=O)N(CCCCCCO)[C@H](C(=O)Nc3ccc(N(CC)CC)cc3)[C@]23CC[C@H]1O3. The summed E-state index contributed by atoms with van der Waals surface area (Å²) in [4.78, 5) is 44.3. The van der Waals surface area contributed by atoms with Crippen LogP contribution in [0.3, 0.4) is 0 Å². The number of rotatable bonds is 13. The molecule has 9 heteroatoms. The lowest BCUT2D eigenvalue weighted by atomic mass is 9.71. The van der Waals surface area contributed by atoms with E-state index in [9.17, 15) is 14.4 Å². The Balaban J connectivity index is 1.57. The zero-order chi connectivity index (χ0) is 26.6. The quantitative estimate of drug-likeness (QED) is 0.307. The molecule has 1 spiro atoms. The molecule has 3 fully saturated rings. The number of benzene rings is 1. The van der Waals surface area contributed by atoms with Crippen LogP contribution in [0.15, 0.2) is 24.3 Å². The number of unbranched alkanes of at least 4 members (excludes halogenated alkanes) is 3. The summed E-state index contributed by atoms with van der Waals surface area (Å²) in [5, 5.41) is 12.1. The molecule has 9 nitrogen and oxygen atoms in total. The maximum absolute atomic E-state index is 13.8. The van der Waals surface area contributed by atoms with Gasteiger partial charge in [-0.05, 0) is 70.7 Å². The third kappa shape index (κ3) is 5.08. The van der Waals surface area contributed by atoms with Crippen LogP contribution in [-0.4, -0.2) is 78.4 Å². The van der Waals surface area contributed by atoms with Crippen molar-refractivity contribution in [2.75, 3.05) is 43.1 Å². The van der Waals surface area contributed by atoms with Gasteiger partial charge < -0.3 is 29.7 Å². The maximum Gasteiger partial charge on any atom is 0.312 e. The van der Waals surface area contributed by atoms with Gasteiger partial charge in [-0.2, -0.15) is 0 Å². The number of hydrogen-bond donors (Lipinski definition) is 2. The molecular formula is C28H41N3O6. The van der Waals surface area contributed by atoms with E-state index in [1.165, 1.54) is 0 Å². The molecule has 2 bridgehead atoms. The van der Waals surface area contributed by atoms with Gasteiger partial charge in [0.1, 0.15) is 11.6 Å². The summed E-state index contributed by atoms with van der Waals surface area (Å²) in [5.74, 6) is -2.28. The van der Waals surface area contributed by atoms with E-state index in [1.807, 2.05) is 24.3 Å². The number of aliphatic hydroxyl groups excluding tert-OH is 1. The highest BCUT2D eigenvalue weighted by Gasteiger charge is 2.74. The fraction of sp³-hybridized carbons (Fsp3) is 0.679. The molecule has 2 amide bonds. The van der Waals surface area contributed by atoms with Crippen molar-refractivity contribution in [3.8, 4) is 0 Å². The van der Waals surface area contributed by atoms with Gasteiger partial charge in [-0.15, -0.1) is 0 Å². The number of carbonyl (C=O) groups excluding carboxylic acids is 3. The van der Waals surface area contributed by atoms with E-state index in [2.05, 4.69) is 24.1 Å². The third-order valence-electron chi connectivity index (χ3n) is 8.18. The molecule has 1 aromatic carbocycles. The maximum atomic E-state index is 13.8. The first-order valence-corrected chi connectivity index (χ1v) is 13.8. The number of esters is 1. The van der Waals surface area contributed by atoms with E-state index < -0.39 is 35.6 Å². The number of nitrogens with one attached hydrogen (secondary N) is 1. The Labute approximate surface area is 219 Å². The molecule has 5 atom stereocenters. The number of likely N-dealkylation sites (tertiary alicyclic amines) is 1. The Kier molecular flexibility index (Phi) is 8.75. The van der Waals surface area contributed by atoms with Crippen LogP contribution < -0.4 is 10.2 Å². The second-order valence-electron chi connectivity index (χ2n) is 10.2. The third-order valence-corrected chi connectivity index (χ3v) is 8.18. The van der Waals surface area contributed by atoms with Gasteiger partial charge in [0.05, 0.1) is 24.5 Å². The molecule has 0 aliphatic carbocycles. The predicted octanol–water partition coefficient (Wildman–Crippen LogP) is 2.96. The van der Waals surface area contributed by atoms with Crippen LogP contribution >= 0.6 is 0 Å². The number of amides is 2. The molecule has 1 aromatic rings. The lowest BCUT2D eigenvalue weighted by molar-refractivity contribution is -0.154. The van der Waals surface area contributed by atoms with Crippen molar-refractivity contribution >= 4 is 29.2 Å². The average molecular weight is 516 g/mol. The van der Waals surface area contributed by atoms with Crippen molar-refractivity contribution < 1.29 is 29.0 Å². The summed E-state index contributed by atoms with van der Waals surface area (Å²) in [6.07, 6.45) is 3.90. The van der Waals surface area contributed by atoms with Crippen LogP contribution in [0.5, 0.6) is 0 Å². The van der Waals surface area contributed by atoms with E-state index in [0.29, 0.717) is 37.9 Å². The number of hydrogen-bond acceptors (Lipinski definition) is 7. The lowest BCUT2D eigenvalue weighted by Crippen LogP contribution is -2.53. The summed E-state index contributed by atoms with van der Waals surface area (Å²) in [5.41, 5.74) is 0.720. The number of aliphatic hydroxyl groups is 1. The second kappa shape index (κ2) is 11.8. The van der Waals surface area contributed by atoms with Gasteiger partial charge in [-0.1, -0.05) is 12.8 Å². The summed E-state index contributed by atoms with van der Waals surface area (Å²) >= 11 is 0. The Bertz CT molecular complexity index is 965. The van der Waals surface area contributed by atoms with Crippen LogP contribution in [0.2, 0.25) is 0 Å². The Hall–Kier alpha value is -2.65. The van der Waals surface area contributed by atoms with Crippen LogP contribution in [0.1, 0.15) is 59.3 Å². The van der Waals surface area contributed by atoms with Crippen molar-refractivity contribution in [2.24, 2.45) is 11.8 Å². The van der Waals surface area contributed by atoms with E-state index in [1.54, 1.807) is 11.8 Å².